The molecule has 0 rings (SSSR count). The second-order valence-electron chi connectivity index (χ2n) is 3.46. The summed E-state index contributed by atoms with van der Waals surface area (Å²) in [5, 5.41) is 4.70. The molecular formula is C10H16N2O3. The van der Waals surface area contributed by atoms with E-state index in [0.29, 0.717) is 0 Å². The van der Waals surface area contributed by atoms with Crippen LogP contribution < -0.4 is 10.6 Å². The lowest BCUT2D eigenvalue weighted by Crippen LogP contribution is -2.38. The zero-order valence-corrected chi connectivity index (χ0v) is 9.22. The molecule has 0 aliphatic heterocycles. The van der Waals surface area contributed by atoms with Gasteiger partial charge in [-0.3, -0.25) is 19.7 Å². The number of carbonyl (C=O) groups excluding carboxylic acids is 3. The van der Waals surface area contributed by atoms with E-state index in [1.807, 2.05) is 0 Å². The van der Waals surface area contributed by atoms with Gasteiger partial charge in [-0.2, -0.15) is 0 Å². The van der Waals surface area contributed by atoms with Gasteiger partial charge in [0.1, 0.15) is 0 Å². The van der Waals surface area contributed by atoms with Crippen molar-refractivity contribution in [1.82, 2.24) is 10.6 Å². The van der Waals surface area contributed by atoms with Crippen LogP contribution in [0.4, 0.5) is 0 Å². The maximum Gasteiger partial charge on any atom is 0.252 e. The summed E-state index contributed by atoms with van der Waals surface area (Å²) in [6.45, 7) is 7.97. The van der Waals surface area contributed by atoms with E-state index >= 15 is 0 Å². The monoisotopic (exact) mass is 212 g/mol. The molecule has 0 radical (unpaired) electrons. The van der Waals surface area contributed by atoms with Crippen molar-refractivity contribution in [3.05, 3.63) is 12.2 Å². The standard InChI is InChI=1S/C10H16N2O3/c1-6(2)10(15)12-9(14)5-7(3)11-8(4)13/h7H,1,5H2,2-4H3,(H,11,13)(H,12,14,15). The minimum absolute atomic E-state index is 0.0681. The Bertz CT molecular complexity index is 297. The van der Waals surface area contributed by atoms with E-state index < -0.39 is 11.8 Å². The van der Waals surface area contributed by atoms with Crippen LogP contribution in [-0.2, 0) is 14.4 Å². The van der Waals surface area contributed by atoms with E-state index in [0.717, 1.165) is 0 Å². The molecular weight excluding hydrogens is 196 g/mol. The largest absolute Gasteiger partial charge is 0.353 e. The van der Waals surface area contributed by atoms with Crippen molar-refractivity contribution < 1.29 is 14.4 Å². The van der Waals surface area contributed by atoms with Gasteiger partial charge in [0.25, 0.3) is 5.91 Å². The van der Waals surface area contributed by atoms with Crippen LogP contribution in [0.2, 0.25) is 0 Å². The Hall–Kier alpha value is -1.65. The summed E-state index contributed by atoms with van der Waals surface area (Å²) in [5.41, 5.74) is 0.274. The third-order valence-electron chi connectivity index (χ3n) is 1.58. The summed E-state index contributed by atoms with van der Waals surface area (Å²) in [6, 6.07) is -0.291. The smallest absolute Gasteiger partial charge is 0.252 e. The quantitative estimate of drug-likeness (QED) is 0.650. The van der Waals surface area contributed by atoms with E-state index in [1.54, 1.807) is 6.92 Å². The molecule has 0 saturated carbocycles. The zero-order chi connectivity index (χ0) is 12.0. The normalized spacial score (nSPS) is 11.4. The first kappa shape index (κ1) is 13.4. The fourth-order valence-electron chi connectivity index (χ4n) is 0.960. The molecule has 0 heterocycles. The summed E-state index contributed by atoms with van der Waals surface area (Å²) < 4.78 is 0. The van der Waals surface area contributed by atoms with Crippen molar-refractivity contribution in [3.63, 3.8) is 0 Å². The van der Waals surface area contributed by atoms with Gasteiger partial charge >= 0.3 is 0 Å². The topological polar surface area (TPSA) is 75.3 Å². The molecule has 15 heavy (non-hydrogen) atoms. The van der Waals surface area contributed by atoms with Crippen molar-refractivity contribution >= 4 is 17.7 Å². The van der Waals surface area contributed by atoms with Crippen LogP contribution in [0.15, 0.2) is 12.2 Å². The first-order valence-electron chi connectivity index (χ1n) is 4.59. The SMILES string of the molecule is C=C(C)C(=O)NC(=O)CC(C)NC(C)=O. The van der Waals surface area contributed by atoms with Gasteiger partial charge in [-0.1, -0.05) is 6.58 Å². The summed E-state index contributed by atoms with van der Waals surface area (Å²) in [7, 11) is 0. The number of nitrogens with one attached hydrogen (secondary N) is 2. The lowest BCUT2D eigenvalue weighted by molar-refractivity contribution is -0.128. The molecule has 1 unspecified atom stereocenters. The molecule has 0 aromatic heterocycles. The lowest BCUT2D eigenvalue weighted by atomic mass is 10.2. The average molecular weight is 212 g/mol. The molecule has 0 saturated heterocycles. The number of hydrogen-bond donors (Lipinski definition) is 2. The minimum atomic E-state index is -0.491. The van der Waals surface area contributed by atoms with Crippen molar-refractivity contribution in [3.8, 4) is 0 Å². The predicted octanol–water partition coefficient (Wildman–Crippen LogP) is 0.120. The fourth-order valence-corrected chi connectivity index (χ4v) is 0.960. The summed E-state index contributed by atoms with van der Waals surface area (Å²) in [4.78, 5) is 32.9. The predicted molar refractivity (Wildman–Crippen MR) is 55.9 cm³/mol. The highest BCUT2D eigenvalue weighted by atomic mass is 16.2. The Labute approximate surface area is 88.9 Å². The first-order valence-corrected chi connectivity index (χ1v) is 4.59. The molecule has 5 heteroatoms. The van der Waals surface area contributed by atoms with Gasteiger partial charge in [0.2, 0.25) is 11.8 Å². The number of imide groups is 1. The van der Waals surface area contributed by atoms with Crippen LogP contribution in [0.5, 0.6) is 0 Å². The van der Waals surface area contributed by atoms with Gasteiger partial charge in [0.15, 0.2) is 0 Å². The molecule has 0 aromatic rings. The van der Waals surface area contributed by atoms with E-state index in [9.17, 15) is 14.4 Å². The number of hydrogen-bond acceptors (Lipinski definition) is 3. The highest BCUT2D eigenvalue weighted by molar-refractivity contribution is 6.03. The van der Waals surface area contributed by atoms with Gasteiger partial charge in [-0.05, 0) is 13.8 Å². The molecule has 0 aromatic carbocycles. The molecule has 0 aliphatic rings. The molecule has 0 aliphatic carbocycles. The van der Waals surface area contributed by atoms with Crippen LogP contribution >= 0.6 is 0 Å². The fraction of sp³-hybridized carbons (Fsp3) is 0.500. The molecule has 0 spiro atoms. The van der Waals surface area contributed by atoms with Crippen LogP contribution in [-0.4, -0.2) is 23.8 Å². The number of rotatable bonds is 4. The van der Waals surface area contributed by atoms with E-state index in [-0.39, 0.29) is 23.9 Å². The van der Waals surface area contributed by atoms with Gasteiger partial charge in [-0.15, -0.1) is 0 Å². The van der Waals surface area contributed by atoms with Crippen molar-refractivity contribution in [2.45, 2.75) is 33.2 Å². The molecule has 2 N–H and O–H groups in total. The van der Waals surface area contributed by atoms with Crippen molar-refractivity contribution in [2.75, 3.05) is 0 Å². The molecule has 0 fully saturated rings. The Morgan fingerprint density at radius 3 is 2.20 bits per heavy atom. The van der Waals surface area contributed by atoms with Crippen molar-refractivity contribution in [1.29, 1.82) is 0 Å². The average Bonchev–Trinajstić information content (AvgIpc) is 2.00. The van der Waals surface area contributed by atoms with Crippen molar-refractivity contribution in [2.24, 2.45) is 0 Å². The molecule has 84 valence electrons. The second kappa shape index (κ2) is 5.95. The summed E-state index contributed by atoms with van der Waals surface area (Å²) in [5.74, 6) is -1.12. The zero-order valence-electron chi connectivity index (χ0n) is 9.22. The highest BCUT2D eigenvalue weighted by Crippen LogP contribution is 1.92. The van der Waals surface area contributed by atoms with Crippen LogP contribution in [0.25, 0.3) is 0 Å². The molecule has 3 amide bonds. The van der Waals surface area contributed by atoms with E-state index in [1.165, 1.54) is 13.8 Å². The summed E-state index contributed by atoms with van der Waals surface area (Å²) in [6.07, 6.45) is 0.0681. The van der Waals surface area contributed by atoms with Crippen LogP contribution in [0.3, 0.4) is 0 Å². The lowest BCUT2D eigenvalue weighted by Gasteiger charge is -2.11. The Morgan fingerprint density at radius 1 is 1.27 bits per heavy atom. The van der Waals surface area contributed by atoms with E-state index in [4.69, 9.17) is 0 Å². The summed E-state index contributed by atoms with van der Waals surface area (Å²) >= 11 is 0. The molecule has 5 nitrogen and oxygen atoms in total. The van der Waals surface area contributed by atoms with Gasteiger partial charge < -0.3 is 5.32 Å². The minimum Gasteiger partial charge on any atom is -0.353 e. The second-order valence-corrected chi connectivity index (χ2v) is 3.46. The maximum absolute atomic E-state index is 11.2. The van der Waals surface area contributed by atoms with E-state index in [2.05, 4.69) is 17.2 Å². The molecule has 1 atom stereocenters. The molecule has 0 bridgehead atoms. The van der Waals surface area contributed by atoms with Crippen LogP contribution in [0.1, 0.15) is 27.2 Å². The third-order valence-corrected chi connectivity index (χ3v) is 1.58. The number of amides is 3. The third kappa shape index (κ3) is 6.42. The van der Waals surface area contributed by atoms with Gasteiger partial charge in [-0.25, -0.2) is 0 Å². The Kier molecular flexibility index (Phi) is 5.30. The Balaban J connectivity index is 3.98. The number of carbonyl (C=O) groups is 3. The Morgan fingerprint density at radius 2 is 1.80 bits per heavy atom. The van der Waals surface area contributed by atoms with Gasteiger partial charge in [0.05, 0.1) is 0 Å². The van der Waals surface area contributed by atoms with Gasteiger partial charge in [0, 0.05) is 25.0 Å². The first-order chi connectivity index (χ1) is 6.82. The van der Waals surface area contributed by atoms with Crippen LogP contribution in [0, 0.1) is 0 Å². The highest BCUT2D eigenvalue weighted by Gasteiger charge is 2.12. The maximum atomic E-state index is 11.2.